The minimum Gasteiger partial charge on any atom is -0.264 e. The molecule has 49 heavy (non-hydrogen) atoms. The highest BCUT2D eigenvalue weighted by molar-refractivity contribution is 6.20. The van der Waals surface area contributed by atoms with E-state index in [0.717, 1.165) is 38.7 Å². The van der Waals surface area contributed by atoms with Crippen molar-refractivity contribution in [1.82, 2.24) is 4.98 Å². The van der Waals surface area contributed by atoms with Crippen LogP contribution in [-0.2, 0) is 6.42 Å². The lowest BCUT2D eigenvalue weighted by molar-refractivity contribution is 1.26. The van der Waals surface area contributed by atoms with Gasteiger partial charge in [-0.05, 0) is 92.0 Å². The van der Waals surface area contributed by atoms with Crippen LogP contribution in [0.1, 0.15) is 16.7 Å². The molecule has 0 aliphatic carbocycles. The van der Waals surface area contributed by atoms with Crippen LogP contribution in [0.3, 0.4) is 0 Å². The SMILES string of the molecule is C=NC(=N/C(=C\Cc1ccc(-c2ccc3ccccc3c2)cc1)c1cccc(-c2cccnc2)c1)c1cc2ccccc2c2ccccc12. The summed E-state index contributed by atoms with van der Waals surface area (Å²) in [7, 11) is 0. The zero-order chi connectivity index (χ0) is 33.0. The number of rotatable bonds is 7. The number of allylic oxidation sites excluding steroid dienone is 1. The van der Waals surface area contributed by atoms with Crippen molar-refractivity contribution in [1.29, 1.82) is 0 Å². The molecule has 1 aromatic heterocycles. The second kappa shape index (κ2) is 13.3. The van der Waals surface area contributed by atoms with Gasteiger partial charge in [0.1, 0.15) is 0 Å². The Bertz CT molecular complexity index is 2530. The highest BCUT2D eigenvalue weighted by Gasteiger charge is 2.13. The molecule has 3 nitrogen and oxygen atoms in total. The molecule has 1 heterocycles. The Morgan fingerprint density at radius 2 is 1.24 bits per heavy atom. The predicted molar refractivity (Wildman–Crippen MR) is 208 cm³/mol. The van der Waals surface area contributed by atoms with E-state index >= 15 is 0 Å². The third-order valence-electron chi connectivity index (χ3n) is 9.11. The van der Waals surface area contributed by atoms with Crippen LogP contribution in [0.25, 0.3) is 60.3 Å². The molecule has 0 saturated carbocycles. The fourth-order valence-corrected chi connectivity index (χ4v) is 6.57. The summed E-state index contributed by atoms with van der Waals surface area (Å²) in [4.78, 5) is 14.1. The number of amidine groups is 1. The Morgan fingerprint density at radius 1 is 0.551 bits per heavy atom. The zero-order valence-corrected chi connectivity index (χ0v) is 27.0. The molecule has 0 unspecified atom stereocenters. The first-order chi connectivity index (χ1) is 24.2. The maximum absolute atomic E-state index is 5.27. The number of nitrogens with zero attached hydrogens (tertiary/aromatic N) is 3. The first-order valence-corrected chi connectivity index (χ1v) is 16.5. The zero-order valence-electron chi connectivity index (χ0n) is 27.0. The molecule has 7 aromatic carbocycles. The molecular formula is C46H33N3. The van der Waals surface area contributed by atoms with Crippen LogP contribution in [0.2, 0.25) is 0 Å². The summed E-state index contributed by atoms with van der Waals surface area (Å²) in [6, 6.07) is 55.5. The van der Waals surface area contributed by atoms with Crippen molar-refractivity contribution in [3.63, 3.8) is 0 Å². The largest absolute Gasteiger partial charge is 0.264 e. The molecule has 0 spiro atoms. The molecule has 3 heteroatoms. The standard InChI is InChI=1S/C46H33N3/c1-47-46(44-30-38-12-4-5-16-41(38)42-17-6-7-18-43(42)44)49-45(39-14-8-13-36(29-39)40-15-9-27-48-31-40)26-21-32-19-22-34(23-20-32)37-25-24-33-10-2-3-11-35(33)28-37/h2-20,22-31H,1,21H2/b45-26-,49-46?. The Labute approximate surface area is 286 Å². The lowest BCUT2D eigenvalue weighted by Crippen LogP contribution is -2.00. The summed E-state index contributed by atoms with van der Waals surface area (Å²) >= 11 is 0. The molecule has 0 fully saturated rings. The van der Waals surface area contributed by atoms with Crippen molar-refractivity contribution >= 4 is 50.6 Å². The molecule has 0 aliphatic rings. The van der Waals surface area contributed by atoms with Crippen LogP contribution in [0.15, 0.2) is 186 Å². The maximum Gasteiger partial charge on any atom is 0.159 e. The number of hydrogen-bond acceptors (Lipinski definition) is 2. The highest BCUT2D eigenvalue weighted by Crippen LogP contribution is 2.32. The Kier molecular flexibility index (Phi) is 8.15. The minimum atomic E-state index is 0.589. The highest BCUT2D eigenvalue weighted by atomic mass is 14.9. The number of hydrogen-bond donors (Lipinski definition) is 0. The van der Waals surface area contributed by atoms with Gasteiger partial charge in [-0.15, -0.1) is 0 Å². The smallest absolute Gasteiger partial charge is 0.159 e. The van der Waals surface area contributed by atoms with Gasteiger partial charge in [-0.25, -0.2) is 9.98 Å². The minimum absolute atomic E-state index is 0.589. The van der Waals surface area contributed by atoms with E-state index in [9.17, 15) is 0 Å². The van der Waals surface area contributed by atoms with E-state index in [-0.39, 0.29) is 0 Å². The average molecular weight is 628 g/mol. The van der Waals surface area contributed by atoms with E-state index in [1.54, 1.807) is 6.20 Å². The van der Waals surface area contributed by atoms with Crippen molar-refractivity contribution in [2.45, 2.75) is 6.42 Å². The molecule has 8 aromatic rings. The van der Waals surface area contributed by atoms with Gasteiger partial charge < -0.3 is 0 Å². The molecule has 0 amide bonds. The van der Waals surface area contributed by atoms with Crippen molar-refractivity contribution in [2.24, 2.45) is 9.98 Å². The summed E-state index contributed by atoms with van der Waals surface area (Å²) in [5.41, 5.74) is 8.53. The van der Waals surface area contributed by atoms with E-state index < -0.39 is 0 Å². The van der Waals surface area contributed by atoms with E-state index in [1.165, 1.54) is 38.2 Å². The molecule has 0 saturated heterocycles. The van der Waals surface area contributed by atoms with Gasteiger partial charge in [-0.3, -0.25) is 4.98 Å². The van der Waals surface area contributed by atoms with Gasteiger partial charge in [0.25, 0.3) is 0 Å². The van der Waals surface area contributed by atoms with Gasteiger partial charge in [0.05, 0.1) is 5.70 Å². The molecule has 0 N–H and O–H groups in total. The number of pyridine rings is 1. The Balaban J connectivity index is 1.20. The molecule has 0 bridgehead atoms. The van der Waals surface area contributed by atoms with Gasteiger partial charge in [0.15, 0.2) is 5.84 Å². The lowest BCUT2D eigenvalue weighted by atomic mass is 9.96. The number of aromatic nitrogens is 1. The van der Waals surface area contributed by atoms with E-state index in [1.807, 2.05) is 12.3 Å². The summed E-state index contributed by atoms with van der Waals surface area (Å²) in [5.74, 6) is 0.589. The normalized spacial score (nSPS) is 12.1. The quantitative estimate of drug-likeness (QED) is 0.0984. The first-order valence-electron chi connectivity index (χ1n) is 16.5. The number of benzene rings is 7. The van der Waals surface area contributed by atoms with Gasteiger partial charge in [-0.2, -0.15) is 0 Å². The molecule has 0 aliphatic heterocycles. The summed E-state index contributed by atoms with van der Waals surface area (Å²) in [6.07, 6.45) is 6.59. The molecular weight excluding hydrogens is 595 g/mol. The number of aliphatic imine (C=N–C) groups is 2. The van der Waals surface area contributed by atoms with Crippen LogP contribution < -0.4 is 0 Å². The fourth-order valence-electron chi connectivity index (χ4n) is 6.57. The summed E-state index contributed by atoms with van der Waals surface area (Å²) < 4.78 is 0. The maximum atomic E-state index is 5.27. The van der Waals surface area contributed by atoms with Crippen LogP contribution in [-0.4, -0.2) is 17.5 Å². The number of fused-ring (bicyclic) bond motifs is 4. The first kappa shape index (κ1) is 29.9. The third-order valence-corrected chi connectivity index (χ3v) is 9.11. The van der Waals surface area contributed by atoms with Crippen molar-refractivity contribution in [3.05, 3.63) is 193 Å². The molecule has 0 atom stereocenters. The van der Waals surface area contributed by atoms with E-state index in [2.05, 4.69) is 174 Å². The van der Waals surface area contributed by atoms with Crippen LogP contribution in [0, 0.1) is 0 Å². The van der Waals surface area contributed by atoms with Gasteiger partial charge >= 0.3 is 0 Å². The monoisotopic (exact) mass is 627 g/mol. The fraction of sp³-hybridized carbons (Fsp3) is 0.0217. The second-order valence-electron chi connectivity index (χ2n) is 12.2. The van der Waals surface area contributed by atoms with Crippen LogP contribution in [0.4, 0.5) is 0 Å². The van der Waals surface area contributed by atoms with E-state index in [0.29, 0.717) is 12.3 Å². The molecule has 0 radical (unpaired) electrons. The lowest BCUT2D eigenvalue weighted by Gasteiger charge is -2.12. The predicted octanol–water partition coefficient (Wildman–Crippen LogP) is 11.6. The topological polar surface area (TPSA) is 37.6 Å². The van der Waals surface area contributed by atoms with Gasteiger partial charge in [0, 0.05) is 29.1 Å². The third kappa shape index (κ3) is 6.18. The van der Waals surface area contributed by atoms with Crippen molar-refractivity contribution < 1.29 is 0 Å². The average Bonchev–Trinajstić information content (AvgIpc) is 3.18. The van der Waals surface area contributed by atoms with Crippen molar-refractivity contribution in [3.8, 4) is 22.3 Å². The van der Waals surface area contributed by atoms with E-state index in [4.69, 9.17) is 4.99 Å². The second-order valence-corrected chi connectivity index (χ2v) is 12.2. The van der Waals surface area contributed by atoms with Crippen LogP contribution >= 0.6 is 0 Å². The Hall–Kier alpha value is -6.45. The van der Waals surface area contributed by atoms with Gasteiger partial charge in [0.2, 0.25) is 0 Å². The molecule has 232 valence electrons. The Morgan fingerprint density at radius 3 is 2.04 bits per heavy atom. The summed E-state index contributed by atoms with van der Waals surface area (Å²) in [6.45, 7) is 4.00. The van der Waals surface area contributed by atoms with Gasteiger partial charge in [-0.1, -0.05) is 140 Å². The van der Waals surface area contributed by atoms with Crippen LogP contribution in [0.5, 0.6) is 0 Å². The summed E-state index contributed by atoms with van der Waals surface area (Å²) in [5, 5.41) is 7.11. The van der Waals surface area contributed by atoms with Crippen molar-refractivity contribution in [2.75, 3.05) is 0 Å². The molecule has 8 rings (SSSR count).